The molecule has 1 aromatic heterocycles. The quantitative estimate of drug-likeness (QED) is 0.890. The molecule has 1 atom stereocenters. The summed E-state index contributed by atoms with van der Waals surface area (Å²) in [6.07, 6.45) is 5.95. The lowest BCUT2D eigenvalue weighted by molar-refractivity contribution is -0.138. The van der Waals surface area contributed by atoms with Crippen molar-refractivity contribution in [1.82, 2.24) is 9.80 Å². The number of amides is 3. The Labute approximate surface area is 147 Å². The smallest absolute Gasteiger partial charge is 0.290 e. The Bertz CT molecular complexity index is 620. The third-order valence-electron chi connectivity index (χ3n) is 5.20. The normalized spacial score (nSPS) is 22.0. The predicted molar refractivity (Wildman–Crippen MR) is 90.5 cm³/mol. The average molecular weight is 347 g/mol. The summed E-state index contributed by atoms with van der Waals surface area (Å²) in [6, 6.07) is 2.89. The largest absolute Gasteiger partial charge is 0.459 e. The summed E-state index contributed by atoms with van der Waals surface area (Å²) >= 11 is 0. The second-order valence-electron chi connectivity index (χ2n) is 6.93. The van der Waals surface area contributed by atoms with Crippen molar-refractivity contribution in [3.05, 3.63) is 24.2 Å². The Morgan fingerprint density at radius 1 is 1.12 bits per heavy atom. The van der Waals surface area contributed by atoms with Gasteiger partial charge in [-0.05, 0) is 50.2 Å². The van der Waals surface area contributed by atoms with Gasteiger partial charge in [-0.15, -0.1) is 0 Å². The van der Waals surface area contributed by atoms with Gasteiger partial charge in [0.2, 0.25) is 11.8 Å². The van der Waals surface area contributed by atoms with Crippen molar-refractivity contribution in [2.24, 2.45) is 11.7 Å². The molecule has 1 unspecified atom stereocenters. The number of nitrogens with zero attached hydrogens (tertiary/aromatic N) is 2. The molecule has 7 nitrogen and oxygen atoms in total. The Kier molecular flexibility index (Phi) is 5.40. The molecule has 25 heavy (non-hydrogen) atoms. The minimum atomic E-state index is -0.418. The first-order chi connectivity index (χ1) is 12.1. The summed E-state index contributed by atoms with van der Waals surface area (Å²) in [5.74, 6) is 0.0460. The number of primary amides is 1. The van der Waals surface area contributed by atoms with E-state index in [4.69, 9.17) is 10.2 Å². The maximum atomic E-state index is 13.0. The van der Waals surface area contributed by atoms with E-state index in [0.29, 0.717) is 32.5 Å². The van der Waals surface area contributed by atoms with Crippen LogP contribution >= 0.6 is 0 Å². The lowest BCUT2D eigenvalue weighted by atomic mass is 9.92. The molecule has 136 valence electrons. The van der Waals surface area contributed by atoms with Gasteiger partial charge >= 0.3 is 0 Å². The highest BCUT2D eigenvalue weighted by atomic mass is 16.3. The van der Waals surface area contributed by atoms with Crippen LogP contribution in [0, 0.1) is 5.92 Å². The van der Waals surface area contributed by atoms with Gasteiger partial charge in [0.05, 0.1) is 6.26 Å². The van der Waals surface area contributed by atoms with E-state index in [1.807, 2.05) is 4.90 Å². The van der Waals surface area contributed by atoms with E-state index in [1.54, 1.807) is 17.0 Å². The summed E-state index contributed by atoms with van der Waals surface area (Å²) in [5, 5.41) is 0. The van der Waals surface area contributed by atoms with Gasteiger partial charge in [-0.2, -0.15) is 0 Å². The summed E-state index contributed by atoms with van der Waals surface area (Å²) < 4.78 is 5.21. The van der Waals surface area contributed by atoms with Crippen LogP contribution < -0.4 is 5.73 Å². The lowest BCUT2D eigenvalue weighted by Gasteiger charge is -2.39. The van der Waals surface area contributed by atoms with Crippen molar-refractivity contribution in [3.8, 4) is 0 Å². The van der Waals surface area contributed by atoms with Crippen LogP contribution in [-0.2, 0) is 9.59 Å². The molecule has 0 saturated carbocycles. The number of piperidine rings is 2. The van der Waals surface area contributed by atoms with E-state index in [1.165, 1.54) is 6.26 Å². The van der Waals surface area contributed by atoms with Crippen LogP contribution in [0.2, 0.25) is 0 Å². The van der Waals surface area contributed by atoms with Crippen LogP contribution in [0.15, 0.2) is 22.8 Å². The maximum Gasteiger partial charge on any atom is 0.290 e. The third kappa shape index (κ3) is 4.03. The van der Waals surface area contributed by atoms with Crippen LogP contribution in [0.1, 0.15) is 49.1 Å². The highest BCUT2D eigenvalue weighted by Gasteiger charge is 2.37. The number of carbonyl (C=O) groups excluding carboxylic acids is 3. The molecule has 2 aliphatic rings. The molecule has 7 heteroatoms. The van der Waals surface area contributed by atoms with Gasteiger partial charge in [-0.1, -0.05) is 0 Å². The van der Waals surface area contributed by atoms with E-state index in [0.717, 1.165) is 25.7 Å². The van der Waals surface area contributed by atoms with Crippen LogP contribution in [0.3, 0.4) is 0 Å². The SMILES string of the molecule is NC(=O)CC1CCN(C(=O)C2CCCCN2C(=O)c2ccco2)CC1. The lowest BCUT2D eigenvalue weighted by Crippen LogP contribution is -2.54. The van der Waals surface area contributed by atoms with Crippen molar-refractivity contribution in [1.29, 1.82) is 0 Å². The molecule has 2 N–H and O–H groups in total. The maximum absolute atomic E-state index is 13.0. The summed E-state index contributed by atoms with van der Waals surface area (Å²) in [5.41, 5.74) is 5.26. The molecule has 0 radical (unpaired) electrons. The molecule has 0 aromatic carbocycles. The number of nitrogens with two attached hydrogens (primary N) is 1. The number of rotatable bonds is 4. The number of hydrogen-bond donors (Lipinski definition) is 1. The van der Waals surface area contributed by atoms with E-state index < -0.39 is 6.04 Å². The molecule has 3 amide bonds. The van der Waals surface area contributed by atoms with Crippen molar-refractivity contribution >= 4 is 17.7 Å². The van der Waals surface area contributed by atoms with Gasteiger partial charge in [0.25, 0.3) is 5.91 Å². The topological polar surface area (TPSA) is 96.9 Å². The molecular formula is C18H25N3O4. The van der Waals surface area contributed by atoms with Crippen LogP contribution in [0.5, 0.6) is 0 Å². The molecule has 2 aliphatic heterocycles. The van der Waals surface area contributed by atoms with E-state index in [-0.39, 0.29) is 29.4 Å². The number of likely N-dealkylation sites (tertiary alicyclic amines) is 2. The Hall–Kier alpha value is -2.31. The molecule has 0 spiro atoms. The highest BCUT2D eigenvalue weighted by Crippen LogP contribution is 2.25. The molecule has 3 heterocycles. The zero-order chi connectivity index (χ0) is 17.8. The third-order valence-corrected chi connectivity index (χ3v) is 5.20. The van der Waals surface area contributed by atoms with Gasteiger partial charge in [-0.3, -0.25) is 14.4 Å². The van der Waals surface area contributed by atoms with E-state index in [2.05, 4.69) is 0 Å². The van der Waals surface area contributed by atoms with Crippen LogP contribution in [0.4, 0.5) is 0 Å². The minimum Gasteiger partial charge on any atom is -0.459 e. The minimum absolute atomic E-state index is 0.0112. The Morgan fingerprint density at radius 2 is 1.88 bits per heavy atom. The number of hydrogen-bond acceptors (Lipinski definition) is 4. The molecule has 0 bridgehead atoms. The second-order valence-corrected chi connectivity index (χ2v) is 6.93. The zero-order valence-electron chi connectivity index (χ0n) is 14.4. The fraction of sp³-hybridized carbons (Fsp3) is 0.611. The molecule has 0 aliphatic carbocycles. The fourth-order valence-corrected chi connectivity index (χ4v) is 3.83. The van der Waals surface area contributed by atoms with Gasteiger partial charge in [0.1, 0.15) is 6.04 Å². The predicted octanol–water partition coefficient (Wildman–Crippen LogP) is 1.39. The second kappa shape index (κ2) is 7.72. The number of furan rings is 1. The summed E-state index contributed by atoms with van der Waals surface area (Å²) in [6.45, 7) is 1.82. The molecule has 1 aromatic rings. The summed E-state index contributed by atoms with van der Waals surface area (Å²) in [4.78, 5) is 40.1. The average Bonchev–Trinajstić information content (AvgIpc) is 3.15. The van der Waals surface area contributed by atoms with Crippen molar-refractivity contribution in [3.63, 3.8) is 0 Å². The monoisotopic (exact) mass is 347 g/mol. The molecule has 2 fully saturated rings. The first-order valence-electron chi connectivity index (χ1n) is 8.98. The van der Waals surface area contributed by atoms with Crippen molar-refractivity contribution in [2.45, 2.75) is 44.6 Å². The molecule has 2 saturated heterocycles. The van der Waals surface area contributed by atoms with Gasteiger partial charge in [0, 0.05) is 26.1 Å². The molecule has 3 rings (SSSR count). The van der Waals surface area contributed by atoms with Crippen LogP contribution in [-0.4, -0.2) is 53.2 Å². The van der Waals surface area contributed by atoms with E-state index in [9.17, 15) is 14.4 Å². The Morgan fingerprint density at radius 3 is 2.52 bits per heavy atom. The van der Waals surface area contributed by atoms with Crippen molar-refractivity contribution < 1.29 is 18.8 Å². The van der Waals surface area contributed by atoms with Gasteiger partial charge < -0.3 is 20.0 Å². The van der Waals surface area contributed by atoms with Crippen LogP contribution in [0.25, 0.3) is 0 Å². The Balaban J connectivity index is 1.63. The van der Waals surface area contributed by atoms with Crippen molar-refractivity contribution in [2.75, 3.05) is 19.6 Å². The first-order valence-corrected chi connectivity index (χ1v) is 8.98. The number of carbonyl (C=O) groups is 3. The summed E-state index contributed by atoms with van der Waals surface area (Å²) in [7, 11) is 0. The van der Waals surface area contributed by atoms with Gasteiger partial charge in [0.15, 0.2) is 5.76 Å². The van der Waals surface area contributed by atoms with Gasteiger partial charge in [-0.25, -0.2) is 0 Å². The van der Waals surface area contributed by atoms with E-state index >= 15 is 0 Å². The first kappa shape index (κ1) is 17.5. The zero-order valence-corrected chi connectivity index (χ0v) is 14.4. The molecular weight excluding hydrogens is 322 g/mol. The highest BCUT2D eigenvalue weighted by molar-refractivity contribution is 5.95. The standard InChI is InChI=1S/C18H25N3O4/c19-16(22)12-13-6-9-20(10-7-13)17(23)14-4-1-2-8-21(14)18(24)15-5-3-11-25-15/h3,5,11,13-14H,1-2,4,6-10,12H2,(H2,19,22). The fourth-order valence-electron chi connectivity index (χ4n) is 3.83.